The number of halogens is 3. The van der Waals surface area contributed by atoms with Gasteiger partial charge in [-0.3, -0.25) is 15.4 Å². The predicted molar refractivity (Wildman–Crippen MR) is 94.9 cm³/mol. The van der Waals surface area contributed by atoms with Crippen LogP contribution in [0.5, 0.6) is 0 Å². The van der Waals surface area contributed by atoms with E-state index >= 15 is 0 Å². The lowest BCUT2D eigenvalue weighted by Gasteiger charge is -2.23. The number of nitrogens with one attached hydrogen (secondary N) is 2. The van der Waals surface area contributed by atoms with Gasteiger partial charge in [-0.15, -0.1) is 0 Å². The Balaban J connectivity index is 2.31. The zero-order chi connectivity index (χ0) is 18.6. The second kappa shape index (κ2) is 8.29. The van der Waals surface area contributed by atoms with Gasteiger partial charge in [0.25, 0.3) is 0 Å². The van der Waals surface area contributed by atoms with Gasteiger partial charge in [-0.05, 0) is 30.2 Å². The number of primary amides is 1. The molecule has 0 bridgehead atoms. The normalized spacial score (nSPS) is 13.1. The summed E-state index contributed by atoms with van der Waals surface area (Å²) in [5.74, 6) is -1.25. The molecule has 0 unspecified atom stereocenters. The third-order valence-electron chi connectivity index (χ3n) is 3.56. The van der Waals surface area contributed by atoms with Crippen molar-refractivity contribution in [2.75, 3.05) is 0 Å². The number of nitrogens with two attached hydrogens (primary N) is 1. The van der Waals surface area contributed by atoms with E-state index in [1.807, 2.05) is 5.32 Å². The maximum atomic E-state index is 13.8. The van der Waals surface area contributed by atoms with E-state index in [9.17, 15) is 14.0 Å². The lowest BCUT2D eigenvalue weighted by atomic mass is 10.0. The Hall–Kier alpha value is -2.15. The number of amides is 3. The SMILES string of the molecule is C[C@H](N[C@H](C(=O)NC(N)=O)c1ccccc1)c1cc(F)c(Cl)cc1Cl. The van der Waals surface area contributed by atoms with Crippen LogP contribution in [0.3, 0.4) is 0 Å². The van der Waals surface area contributed by atoms with Crippen LogP contribution in [0.25, 0.3) is 0 Å². The number of hydrogen-bond acceptors (Lipinski definition) is 3. The third kappa shape index (κ3) is 4.92. The van der Waals surface area contributed by atoms with E-state index in [4.69, 9.17) is 28.9 Å². The quantitative estimate of drug-likeness (QED) is 0.687. The van der Waals surface area contributed by atoms with Gasteiger partial charge in [0.15, 0.2) is 0 Å². The summed E-state index contributed by atoms with van der Waals surface area (Å²) in [7, 11) is 0. The van der Waals surface area contributed by atoms with Crippen molar-refractivity contribution in [3.63, 3.8) is 0 Å². The zero-order valence-corrected chi connectivity index (χ0v) is 14.7. The molecule has 0 aliphatic carbocycles. The number of hydrogen-bond donors (Lipinski definition) is 3. The Morgan fingerprint density at radius 1 is 1.12 bits per heavy atom. The summed E-state index contributed by atoms with van der Waals surface area (Å²) >= 11 is 11.8. The fourth-order valence-corrected chi connectivity index (χ4v) is 2.92. The van der Waals surface area contributed by atoms with Gasteiger partial charge in [-0.2, -0.15) is 0 Å². The van der Waals surface area contributed by atoms with Crippen LogP contribution in [0.2, 0.25) is 10.0 Å². The molecule has 5 nitrogen and oxygen atoms in total. The zero-order valence-electron chi connectivity index (χ0n) is 13.2. The lowest BCUT2D eigenvalue weighted by Crippen LogP contribution is -2.43. The molecule has 0 spiro atoms. The first kappa shape index (κ1) is 19.2. The molecule has 0 fully saturated rings. The summed E-state index contributed by atoms with van der Waals surface area (Å²) in [5, 5.41) is 5.24. The molecule has 2 aromatic carbocycles. The fourth-order valence-electron chi connectivity index (χ4n) is 2.37. The van der Waals surface area contributed by atoms with E-state index in [-0.39, 0.29) is 10.0 Å². The Kier molecular flexibility index (Phi) is 6.36. The highest BCUT2D eigenvalue weighted by atomic mass is 35.5. The van der Waals surface area contributed by atoms with Gasteiger partial charge in [0.2, 0.25) is 5.91 Å². The molecule has 0 aliphatic heterocycles. The minimum Gasteiger partial charge on any atom is -0.351 e. The van der Waals surface area contributed by atoms with Crippen LogP contribution in [0.15, 0.2) is 42.5 Å². The van der Waals surface area contributed by atoms with Crippen molar-refractivity contribution >= 4 is 35.1 Å². The molecule has 4 N–H and O–H groups in total. The molecule has 0 heterocycles. The smallest absolute Gasteiger partial charge is 0.318 e. The van der Waals surface area contributed by atoms with Crippen molar-refractivity contribution in [1.82, 2.24) is 10.6 Å². The average molecular weight is 384 g/mol. The number of imide groups is 1. The maximum Gasteiger partial charge on any atom is 0.318 e. The van der Waals surface area contributed by atoms with Crippen LogP contribution in [0.1, 0.15) is 30.1 Å². The molecule has 132 valence electrons. The van der Waals surface area contributed by atoms with Gasteiger partial charge < -0.3 is 5.73 Å². The summed E-state index contributed by atoms with van der Waals surface area (Å²) in [6.07, 6.45) is 0. The monoisotopic (exact) mass is 383 g/mol. The Morgan fingerprint density at radius 2 is 1.76 bits per heavy atom. The first-order valence-corrected chi connectivity index (χ1v) is 8.11. The molecule has 2 rings (SSSR count). The van der Waals surface area contributed by atoms with Crippen LogP contribution < -0.4 is 16.4 Å². The highest BCUT2D eigenvalue weighted by molar-refractivity contribution is 6.35. The fraction of sp³-hybridized carbons (Fsp3) is 0.176. The van der Waals surface area contributed by atoms with Gasteiger partial charge in [0.1, 0.15) is 11.9 Å². The van der Waals surface area contributed by atoms with Crippen molar-refractivity contribution in [2.24, 2.45) is 5.73 Å². The molecule has 0 radical (unpaired) electrons. The minimum atomic E-state index is -0.962. The van der Waals surface area contributed by atoms with E-state index in [0.29, 0.717) is 11.1 Å². The maximum absolute atomic E-state index is 13.8. The van der Waals surface area contributed by atoms with Crippen molar-refractivity contribution in [3.8, 4) is 0 Å². The van der Waals surface area contributed by atoms with E-state index in [0.717, 1.165) is 0 Å². The van der Waals surface area contributed by atoms with E-state index < -0.39 is 29.8 Å². The molecule has 8 heteroatoms. The van der Waals surface area contributed by atoms with Crippen molar-refractivity contribution in [1.29, 1.82) is 0 Å². The predicted octanol–water partition coefficient (Wildman–Crippen LogP) is 3.72. The molecular formula is C17H16Cl2FN3O2. The molecule has 25 heavy (non-hydrogen) atoms. The summed E-state index contributed by atoms with van der Waals surface area (Å²) in [5.41, 5.74) is 6.06. The number of benzene rings is 2. The molecule has 0 saturated carbocycles. The summed E-state index contributed by atoms with van der Waals surface area (Å²) in [6.45, 7) is 1.71. The lowest BCUT2D eigenvalue weighted by molar-refractivity contribution is -0.122. The highest BCUT2D eigenvalue weighted by Gasteiger charge is 2.25. The van der Waals surface area contributed by atoms with E-state index in [2.05, 4.69) is 5.32 Å². The van der Waals surface area contributed by atoms with Gasteiger partial charge >= 0.3 is 6.03 Å². The molecule has 3 amide bonds. The topological polar surface area (TPSA) is 84.2 Å². The summed E-state index contributed by atoms with van der Waals surface area (Å²) in [4.78, 5) is 23.3. The third-order valence-corrected chi connectivity index (χ3v) is 4.18. The van der Waals surface area contributed by atoms with Crippen LogP contribution in [0.4, 0.5) is 9.18 Å². The van der Waals surface area contributed by atoms with Gasteiger partial charge in [-0.1, -0.05) is 53.5 Å². The molecule has 2 atom stereocenters. The standard InChI is InChI=1S/C17H16Cl2FN3O2/c1-9(11-7-14(20)13(19)8-12(11)18)22-15(16(24)23-17(21)25)10-5-3-2-4-6-10/h2-9,15,22H,1H3,(H3,21,23,24,25)/t9-,15-/m0/s1. The second-order valence-electron chi connectivity index (χ2n) is 5.37. The van der Waals surface area contributed by atoms with E-state index in [1.54, 1.807) is 37.3 Å². The number of carbonyl (C=O) groups excluding carboxylic acids is 2. The van der Waals surface area contributed by atoms with Crippen LogP contribution in [-0.4, -0.2) is 11.9 Å². The first-order valence-electron chi connectivity index (χ1n) is 7.35. The van der Waals surface area contributed by atoms with E-state index in [1.165, 1.54) is 12.1 Å². The van der Waals surface area contributed by atoms with Gasteiger partial charge in [0.05, 0.1) is 5.02 Å². The number of carbonyl (C=O) groups is 2. The molecule has 0 aliphatic rings. The Labute approximate surface area is 154 Å². The average Bonchev–Trinajstić information content (AvgIpc) is 2.55. The molecule has 2 aromatic rings. The molecular weight excluding hydrogens is 368 g/mol. The molecule has 0 aromatic heterocycles. The second-order valence-corrected chi connectivity index (χ2v) is 6.19. The Bertz CT molecular complexity index is 787. The number of rotatable bonds is 5. The van der Waals surface area contributed by atoms with Crippen LogP contribution >= 0.6 is 23.2 Å². The molecule has 0 saturated heterocycles. The van der Waals surface area contributed by atoms with Crippen molar-refractivity contribution < 1.29 is 14.0 Å². The minimum absolute atomic E-state index is 0.0907. The summed E-state index contributed by atoms with van der Waals surface area (Å²) < 4.78 is 13.8. The van der Waals surface area contributed by atoms with Crippen LogP contribution in [0, 0.1) is 5.82 Å². The van der Waals surface area contributed by atoms with Gasteiger partial charge in [-0.25, -0.2) is 9.18 Å². The van der Waals surface area contributed by atoms with Gasteiger partial charge in [0, 0.05) is 11.1 Å². The van der Waals surface area contributed by atoms with Crippen molar-refractivity contribution in [3.05, 3.63) is 69.5 Å². The van der Waals surface area contributed by atoms with Crippen molar-refractivity contribution in [2.45, 2.75) is 19.0 Å². The van der Waals surface area contributed by atoms with Crippen LogP contribution in [-0.2, 0) is 4.79 Å². The Morgan fingerprint density at radius 3 is 2.36 bits per heavy atom. The largest absolute Gasteiger partial charge is 0.351 e. The number of urea groups is 1. The highest BCUT2D eigenvalue weighted by Crippen LogP contribution is 2.30. The first-order chi connectivity index (χ1) is 11.8. The summed E-state index contributed by atoms with van der Waals surface area (Å²) in [6, 6.07) is 8.87.